The third kappa shape index (κ3) is 6.78. The lowest BCUT2D eigenvalue weighted by Crippen LogP contribution is -2.42. The highest BCUT2D eigenvalue weighted by molar-refractivity contribution is 7.90. The van der Waals surface area contributed by atoms with Crippen molar-refractivity contribution in [2.75, 3.05) is 11.9 Å². The Balaban J connectivity index is 1.80. The van der Waals surface area contributed by atoms with Crippen LogP contribution in [0, 0.1) is 5.92 Å². The van der Waals surface area contributed by atoms with Gasteiger partial charge < -0.3 is 10.6 Å². The van der Waals surface area contributed by atoms with Gasteiger partial charge in [0.2, 0.25) is 10.0 Å². The minimum atomic E-state index is -3.21. The number of carbonyl (C=O) groups is 1. The van der Waals surface area contributed by atoms with Crippen molar-refractivity contribution in [2.24, 2.45) is 5.92 Å². The Labute approximate surface area is 169 Å². The first-order chi connectivity index (χ1) is 13.2. The van der Waals surface area contributed by atoms with Crippen LogP contribution in [-0.2, 0) is 10.0 Å². The molecule has 0 bridgehead atoms. The van der Waals surface area contributed by atoms with Gasteiger partial charge in [-0.25, -0.2) is 13.1 Å². The van der Waals surface area contributed by atoms with E-state index in [-0.39, 0.29) is 23.2 Å². The average Bonchev–Trinajstić information content (AvgIpc) is 2.66. The molecule has 1 aliphatic rings. The van der Waals surface area contributed by atoms with Crippen LogP contribution < -0.4 is 15.4 Å². The van der Waals surface area contributed by atoms with Gasteiger partial charge in [0.1, 0.15) is 0 Å². The third-order valence-corrected chi connectivity index (χ3v) is 7.48. The van der Waals surface area contributed by atoms with Crippen LogP contribution in [0.15, 0.2) is 24.3 Å². The Bertz CT molecular complexity index is 741. The van der Waals surface area contributed by atoms with E-state index in [1.807, 2.05) is 45.0 Å². The van der Waals surface area contributed by atoms with E-state index in [0.717, 1.165) is 37.9 Å². The van der Waals surface area contributed by atoms with Crippen LogP contribution in [0.4, 0.5) is 5.69 Å². The molecule has 28 heavy (non-hydrogen) atoms. The van der Waals surface area contributed by atoms with Gasteiger partial charge in [-0.15, -0.1) is 0 Å². The molecular weight excluding hydrogens is 374 g/mol. The predicted molar refractivity (Wildman–Crippen MR) is 115 cm³/mol. The Morgan fingerprint density at radius 2 is 1.82 bits per heavy atom. The molecule has 1 amide bonds. The lowest BCUT2D eigenvalue weighted by atomic mass is 9.86. The van der Waals surface area contributed by atoms with Crippen LogP contribution in [0.5, 0.6) is 0 Å². The second-order valence-corrected chi connectivity index (χ2v) is 10.3. The van der Waals surface area contributed by atoms with Crippen molar-refractivity contribution in [1.82, 2.24) is 10.0 Å². The molecular formula is C21H35N3O3S. The molecule has 2 rings (SSSR count). The Morgan fingerprint density at radius 3 is 2.43 bits per heavy atom. The second-order valence-electron chi connectivity index (χ2n) is 8.19. The van der Waals surface area contributed by atoms with Gasteiger partial charge >= 0.3 is 0 Å². The summed E-state index contributed by atoms with van der Waals surface area (Å²) in [5, 5.41) is 6.00. The molecule has 158 valence electrons. The minimum Gasteiger partial charge on any atom is -0.385 e. The highest BCUT2D eigenvalue weighted by Gasteiger charge is 2.27. The van der Waals surface area contributed by atoms with Crippen LogP contribution in [0.1, 0.15) is 70.2 Å². The highest BCUT2D eigenvalue weighted by Crippen LogP contribution is 2.26. The summed E-state index contributed by atoms with van der Waals surface area (Å²) >= 11 is 0. The van der Waals surface area contributed by atoms with Crippen LogP contribution in [0.25, 0.3) is 0 Å². The molecule has 7 heteroatoms. The number of hydrogen-bond acceptors (Lipinski definition) is 4. The molecule has 6 nitrogen and oxygen atoms in total. The van der Waals surface area contributed by atoms with Crippen molar-refractivity contribution in [3.63, 3.8) is 0 Å². The van der Waals surface area contributed by atoms with Crippen LogP contribution in [0.3, 0.4) is 0 Å². The van der Waals surface area contributed by atoms with E-state index in [0.29, 0.717) is 17.9 Å². The molecule has 1 fully saturated rings. The maximum absolute atomic E-state index is 12.2. The van der Waals surface area contributed by atoms with E-state index >= 15 is 0 Å². The average molecular weight is 410 g/mol. The van der Waals surface area contributed by atoms with Gasteiger partial charge in [0.25, 0.3) is 5.91 Å². The monoisotopic (exact) mass is 409 g/mol. The van der Waals surface area contributed by atoms with E-state index < -0.39 is 10.0 Å². The van der Waals surface area contributed by atoms with Gasteiger partial charge in [-0.2, -0.15) is 0 Å². The summed E-state index contributed by atoms with van der Waals surface area (Å²) in [6, 6.07) is 7.72. The number of carbonyl (C=O) groups excluding carboxylic acids is 1. The van der Waals surface area contributed by atoms with Crippen molar-refractivity contribution in [1.29, 1.82) is 0 Å². The summed E-state index contributed by atoms with van der Waals surface area (Å²) in [7, 11) is -3.21. The predicted octanol–water partition coefficient (Wildman–Crippen LogP) is 3.51. The molecule has 0 spiro atoms. The molecule has 0 aromatic heterocycles. The molecule has 0 radical (unpaired) electrons. The summed E-state index contributed by atoms with van der Waals surface area (Å²) in [6.07, 6.45) is 4.36. The zero-order valence-electron chi connectivity index (χ0n) is 17.5. The van der Waals surface area contributed by atoms with Crippen molar-refractivity contribution in [3.8, 4) is 0 Å². The number of rotatable bonds is 9. The largest absolute Gasteiger partial charge is 0.385 e. The van der Waals surface area contributed by atoms with Crippen LogP contribution in [0.2, 0.25) is 0 Å². The molecule has 1 aliphatic carbocycles. The van der Waals surface area contributed by atoms with E-state index in [9.17, 15) is 13.2 Å². The first kappa shape index (κ1) is 22.7. The Hall–Kier alpha value is -1.60. The quantitative estimate of drug-likeness (QED) is 0.582. The highest BCUT2D eigenvalue weighted by atomic mass is 32.2. The second kappa shape index (κ2) is 10.3. The fourth-order valence-corrected chi connectivity index (χ4v) is 4.80. The molecule has 0 aliphatic heterocycles. The summed E-state index contributed by atoms with van der Waals surface area (Å²) < 4.78 is 27.3. The van der Waals surface area contributed by atoms with Gasteiger partial charge in [0.05, 0.1) is 5.25 Å². The number of amides is 1. The fourth-order valence-electron chi connectivity index (χ4n) is 3.43. The number of nitrogens with one attached hydrogen (secondary N) is 3. The summed E-state index contributed by atoms with van der Waals surface area (Å²) in [5.74, 6) is 0.449. The smallest absolute Gasteiger partial charge is 0.251 e. The lowest BCUT2D eigenvalue weighted by Gasteiger charge is -2.30. The topological polar surface area (TPSA) is 87.3 Å². The Morgan fingerprint density at radius 1 is 1.14 bits per heavy atom. The van der Waals surface area contributed by atoms with Crippen molar-refractivity contribution >= 4 is 21.6 Å². The molecule has 1 saturated carbocycles. The van der Waals surface area contributed by atoms with Gasteiger partial charge in [0, 0.05) is 29.9 Å². The lowest BCUT2D eigenvalue weighted by molar-refractivity contribution is 0.0943. The van der Waals surface area contributed by atoms with E-state index in [2.05, 4.69) is 15.4 Å². The molecule has 1 unspecified atom stereocenters. The fraction of sp³-hybridized carbons (Fsp3) is 0.667. The number of benzene rings is 1. The van der Waals surface area contributed by atoms with E-state index in [1.165, 1.54) is 0 Å². The van der Waals surface area contributed by atoms with Crippen LogP contribution in [-0.4, -0.2) is 38.2 Å². The first-order valence-corrected chi connectivity index (χ1v) is 11.9. The van der Waals surface area contributed by atoms with Crippen molar-refractivity contribution in [2.45, 2.75) is 77.1 Å². The van der Waals surface area contributed by atoms with Gasteiger partial charge in [-0.05, 0) is 77.0 Å². The summed E-state index contributed by atoms with van der Waals surface area (Å²) in [4.78, 5) is 12.1. The number of sulfonamides is 1. The molecule has 3 N–H and O–H groups in total. The molecule has 0 heterocycles. The molecule has 0 saturated heterocycles. The summed E-state index contributed by atoms with van der Waals surface area (Å²) in [6.45, 7) is 8.38. The number of anilines is 1. The summed E-state index contributed by atoms with van der Waals surface area (Å²) in [5.41, 5.74) is 1.60. The van der Waals surface area contributed by atoms with E-state index in [4.69, 9.17) is 0 Å². The zero-order valence-corrected chi connectivity index (χ0v) is 18.3. The maximum Gasteiger partial charge on any atom is 0.251 e. The Kier molecular flexibility index (Phi) is 8.31. The standard InChI is InChI=1S/C21H35N3O3S/c1-5-16(4)28(26,27)24-19-11-9-17(10-12-19)14-22-20-8-6-7-18(13-20)21(25)23-15(2)3/h6-8,13,15-17,19,22,24H,5,9-12,14H2,1-4H3,(H,23,25)/t16?,17-,19-. The van der Waals surface area contributed by atoms with Crippen molar-refractivity contribution in [3.05, 3.63) is 29.8 Å². The van der Waals surface area contributed by atoms with Crippen LogP contribution >= 0.6 is 0 Å². The third-order valence-electron chi connectivity index (χ3n) is 5.42. The first-order valence-electron chi connectivity index (χ1n) is 10.4. The van der Waals surface area contributed by atoms with Gasteiger partial charge in [-0.3, -0.25) is 4.79 Å². The molecule has 1 aromatic rings. The number of hydrogen-bond donors (Lipinski definition) is 3. The normalized spacial score (nSPS) is 21.3. The van der Waals surface area contributed by atoms with Crippen molar-refractivity contribution < 1.29 is 13.2 Å². The molecule has 1 aromatic carbocycles. The molecule has 1 atom stereocenters. The maximum atomic E-state index is 12.2. The van der Waals surface area contributed by atoms with Gasteiger partial charge in [0.15, 0.2) is 0 Å². The zero-order chi connectivity index (χ0) is 20.7. The minimum absolute atomic E-state index is 0.0540. The SMILES string of the molecule is CCC(C)S(=O)(=O)N[C@H]1CC[C@H](CNc2cccc(C(=O)NC(C)C)c2)CC1. The van der Waals surface area contributed by atoms with E-state index in [1.54, 1.807) is 6.92 Å². The van der Waals surface area contributed by atoms with Gasteiger partial charge in [-0.1, -0.05) is 13.0 Å².